The van der Waals surface area contributed by atoms with E-state index in [0.717, 1.165) is 53.1 Å². The lowest BCUT2D eigenvalue weighted by Crippen LogP contribution is -2.30. The second-order valence-electron chi connectivity index (χ2n) is 16.3. The summed E-state index contributed by atoms with van der Waals surface area (Å²) in [6.45, 7) is 0. The van der Waals surface area contributed by atoms with Gasteiger partial charge in [-0.1, -0.05) is 152 Å². The molecule has 290 valence electrons. The van der Waals surface area contributed by atoms with E-state index in [1.54, 1.807) is 0 Å². The van der Waals surface area contributed by atoms with E-state index >= 15 is 0 Å². The third-order valence-electron chi connectivity index (χ3n) is 12.7. The topological polar surface area (TPSA) is 16.4 Å². The number of furan rings is 1. The van der Waals surface area contributed by atoms with Crippen LogP contribution in [0.4, 0.5) is 11.4 Å². The molecule has 1 unspecified atom stereocenters. The van der Waals surface area contributed by atoms with Crippen LogP contribution in [0.25, 0.3) is 86.9 Å². The van der Waals surface area contributed by atoms with Gasteiger partial charge in [0.1, 0.15) is 11.3 Å². The lowest BCUT2D eigenvalue weighted by atomic mass is 9.92. The minimum atomic E-state index is 0.127. The molecular weight excluding hydrogens is 759 g/mol. The number of anilines is 2. The van der Waals surface area contributed by atoms with Gasteiger partial charge in [-0.05, 0) is 124 Å². The smallest absolute Gasteiger partial charge is 0.142 e. The first kappa shape index (κ1) is 35.7. The predicted molar refractivity (Wildman–Crippen MR) is 261 cm³/mol. The monoisotopic (exact) mass is 799 g/mol. The Bertz CT molecular complexity index is 3390. The molecule has 2 nitrogen and oxygen atoms in total. The van der Waals surface area contributed by atoms with Gasteiger partial charge in [-0.2, -0.15) is 0 Å². The van der Waals surface area contributed by atoms with Crippen molar-refractivity contribution < 1.29 is 4.42 Å². The van der Waals surface area contributed by atoms with Crippen LogP contribution in [-0.4, -0.2) is 6.04 Å². The van der Waals surface area contributed by atoms with Gasteiger partial charge < -0.3 is 9.32 Å². The van der Waals surface area contributed by atoms with Crippen LogP contribution in [0, 0.1) is 0 Å². The molecule has 0 fully saturated rings. The Balaban J connectivity index is 0.898. The second kappa shape index (κ2) is 14.8. The summed E-state index contributed by atoms with van der Waals surface area (Å²) < 4.78 is 9.16. The molecule has 0 saturated carbocycles. The van der Waals surface area contributed by atoms with Crippen molar-refractivity contribution in [2.45, 2.75) is 25.3 Å². The number of benzene rings is 8. The Morgan fingerprint density at radius 1 is 0.525 bits per heavy atom. The molecule has 0 spiro atoms. The summed E-state index contributed by atoms with van der Waals surface area (Å²) in [4.78, 5) is 2.50. The minimum Gasteiger partial charge on any atom is -0.456 e. The molecule has 12 rings (SSSR count). The Labute approximate surface area is 359 Å². The van der Waals surface area contributed by atoms with Crippen molar-refractivity contribution in [3.8, 4) is 33.4 Å². The standard InChI is InChI=1S/C58H41NOS/c1-2-11-42-37-45(23-22-38(42)10-1)44-13-7-12-43(36-44)39-24-30-46(31-25-39)59(47-32-26-40(27-33-47)49-16-9-21-56-57(49)53-15-4-6-20-55(53)61-56)48-34-28-41(29-35-48)50-17-8-18-52-51-14-3-5-19-54(51)60-58(50)52/h1-2,4-13,15-32,34-37,47H,3,14,33H2. The van der Waals surface area contributed by atoms with Crippen LogP contribution in [0.5, 0.6) is 0 Å². The maximum absolute atomic E-state index is 6.49. The van der Waals surface area contributed by atoms with Crippen molar-refractivity contribution in [3.63, 3.8) is 0 Å². The van der Waals surface area contributed by atoms with Gasteiger partial charge in [0.2, 0.25) is 0 Å². The molecule has 0 N–H and O–H groups in total. The van der Waals surface area contributed by atoms with Crippen LogP contribution in [0.3, 0.4) is 0 Å². The van der Waals surface area contributed by atoms with E-state index < -0.39 is 0 Å². The van der Waals surface area contributed by atoms with E-state index in [2.05, 4.69) is 211 Å². The van der Waals surface area contributed by atoms with Crippen LogP contribution in [0.15, 0.2) is 205 Å². The van der Waals surface area contributed by atoms with E-state index in [4.69, 9.17) is 4.42 Å². The molecule has 0 radical (unpaired) electrons. The summed E-state index contributed by atoms with van der Waals surface area (Å²) >= 11 is 1.88. The molecule has 10 aromatic rings. The van der Waals surface area contributed by atoms with Crippen LogP contribution in [-0.2, 0) is 6.42 Å². The Morgan fingerprint density at radius 3 is 2.03 bits per heavy atom. The van der Waals surface area contributed by atoms with Crippen molar-refractivity contribution in [1.29, 1.82) is 0 Å². The Hall–Kier alpha value is -7.20. The molecule has 2 heterocycles. The number of hydrogen-bond donors (Lipinski definition) is 0. The van der Waals surface area contributed by atoms with Crippen LogP contribution >= 0.6 is 11.3 Å². The van der Waals surface area contributed by atoms with Gasteiger partial charge in [-0.25, -0.2) is 0 Å². The normalized spacial score (nSPS) is 14.8. The maximum Gasteiger partial charge on any atom is 0.142 e. The molecule has 2 aliphatic carbocycles. The van der Waals surface area contributed by atoms with E-state index in [1.807, 2.05) is 11.3 Å². The van der Waals surface area contributed by atoms with Crippen LogP contribution in [0.1, 0.15) is 29.7 Å². The summed E-state index contributed by atoms with van der Waals surface area (Å²) in [7, 11) is 0. The summed E-state index contributed by atoms with van der Waals surface area (Å²) in [5, 5.41) is 6.44. The highest BCUT2D eigenvalue weighted by Gasteiger charge is 2.23. The molecule has 2 aromatic heterocycles. The molecule has 8 aromatic carbocycles. The zero-order chi connectivity index (χ0) is 40.3. The number of rotatable bonds is 7. The third-order valence-corrected chi connectivity index (χ3v) is 13.8. The average Bonchev–Trinajstić information content (AvgIpc) is 3.91. The summed E-state index contributed by atoms with van der Waals surface area (Å²) in [5.41, 5.74) is 14.3. The lowest BCUT2D eigenvalue weighted by molar-refractivity contribution is 0.596. The zero-order valence-electron chi connectivity index (χ0n) is 33.6. The highest BCUT2D eigenvalue weighted by atomic mass is 32.1. The maximum atomic E-state index is 6.49. The number of hydrogen-bond acceptors (Lipinski definition) is 3. The molecule has 0 amide bonds. The molecule has 3 heteroatoms. The summed E-state index contributed by atoms with van der Waals surface area (Å²) in [5.74, 6) is 1.00. The fourth-order valence-corrected chi connectivity index (χ4v) is 10.8. The van der Waals surface area contributed by atoms with Gasteiger partial charge in [0.15, 0.2) is 0 Å². The van der Waals surface area contributed by atoms with Crippen molar-refractivity contribution >= 4 is 76.3 Å². The Morgan fingerprint density at radius 2 is 1.20 bits per heavy atom. The van der Waals surface area contributed by atoms with Gasteiger partial charge in [0.05, 0.1) is 6.04 Å². The van der Waals surface area contributed by atoms with Crippen molar-refractivity contribution in [1.82, 2.24) is 0 Å². The number of para-hydroxylation sites is 1. The van der Waals surface area contributed by atoms with E-state index in [-0.39, 0.29) is 6.04 Å². The average molecular weight is 800 g/mol. The van der Waals surface area contributed by atoms with E-state index in [9.17, 15) is 0 Å². The molecule has 0 bridgehead atoms. The number of aryl methyl sites for hydroxylation is 1. The van der Waals surface area contributed by atoms with Crippen molar-refractivity contribution in [3.05, 3.63) is 217 Å². The van der Waals surface area contributed by atoms with E-state index in [0.29, 0.717) is 0 Å². The number of thiophene rings is 1. The van der Waals surface area contributed by atoms with Crippen molar-refractivity contribution in [2.24, 2.45) is 0 Å². The van der Waals surface area contributed by atoms with Crippen molar-refractivity contribution in [2.75, 3.05) is 4.90 Å². The van der Waals surface area contributed by atoms with Gasteiger partial charge >= 0.3 is 0 Å². The van der Waals surface area contributed by atoms with Crippen LogP contribution in [0.2, 0.25) is 0 Å². The quantitative estimate of drug-likeness (QED) is 0.160. The van der Waals surface area contributed by atoms with E-state index in [1.165, 1.54) is 75.3 Å². The first-order valence-electron chi connectivity index (χ1n) is 21.3. The van der Waals surface area contributed by atoms with Gasteiger partial charge in [0, 0.05) is 48.1 Å². The number of nitrogens with zero attached hydrogens (tertiary/aromatic N) is 1. The third kappa shape index (κ3) is 6.32. The predicted octanol–water partition coefficient (Wildman–Crippen LogP) is 16.5. The lowest BCUT2D eigenvalue weighted by Gasteiger charge is -2.33. The zero-order valence-corrected chi connectivity index (χ0v) is 34.4. The largest absolute Gasteiger partial charge is 0.456 e. The molecule has 1 atom stereocenters. The summed E-state index contributed by atoms with van der Waals surface area (Å²) in [6.07, 6.45) is 14.5. The number of allylic oxidation sites excluding steroid dienone is 3. The van der Waals surface area contributed by atoms with Gasteiger partial charge in [-0.3, -0.25) is 0 Å². The number of fused-ring (bicyclic) bond motifs is 7. The fraction of sp³-hybridized carbons (Fsp3) is 0.0690. The van der Waals surface area contributed by atoms with Crippen LogP contribution < -0.4 is 4.90 Å². The SMILES string of the molecule is C1=Cc2oc3c(-c4ccc(N(c5ccc(-c6cccc(-c7ccc8ccccc8c7)c6)cc5)C5C=CC(c6cccc7sc8ccccc8c67)=CC5)cc4)cccc3c2CC1. The highest BCUT2D eigenvalue weighted by molar-refractivity contribution is 7.25. The highest BCUT2D eigenvalue weighted by Crippen LogP contribution is 2.42. The molecule has 0 aliphatic heterocycles. The van der Waals surface area contributed by atoms with Gasteiger partial charge in [0.25, 0.3) is 0 Å². The molecule has 61 heavy (non-hydrogen) atoms. The molecule has 0 saturated heterocycles. The fourth-order valence-electron chi connectivity index (χ4n) is 9.64. The minimum absolute atomic E-state index is 0.127. The molecule has 2 aliphatic rings. The second-order valence-corrected chi connectivity index (χ2v) is 17.4. The first-order valence-corrected chi connectivity index (χ1v) is 22.1. The Kier molecular flexibility index (Phi) is 8.67. The van der Waals surface area contributed by atoms with Gasteiger partial charge in [-0.15, -0.1) is 11.3 Å². The molecular formula is C58H41NOS. The summed E-state index contributed by atoms with van der Waals surface area (Å²) in [6, 6.07) is 64.7. The first-order chi connectivity index (χ1) is 30.2.